The third-order valence-electron chi connectivity index (χ3n) is 5.99. The van der Waals surface area contributed by atoms with E-state index in [4.69, 9.17) is 5.73 Å². The summed E-state index contributed by atoms with van der Waals surface area (Å²) < 4.78 is 0. The number of aryl methyl sites for hydroxylation is 1. The second-order valence-corrected chi connectivity index (χ2v) is 7.42. The van der Waals surface area contributed by atoms with Crippen molar-refractivity contribution in [3.05, 3.63) is 23.3 Å². The molecular weight excluding hydrogens is 234 g/mol. The standard InChI is InChI=1S/C17H23NO/c1-10-2-14(16(19)6-15(10)18)17-7-11-3-12(8-17)5-13(4-11)9-17/h2,6,11-13,19H,3-5,7-9,18H2,1H3. The van der Waals surface area contributed by atoms with Crippen LogP contribution < -0.4 is 5.73 Å². The quantitative estimate of drug-likeness (QED) is 0.753. The molecule has 4 aliphatic rings. The lowest BCUT2D eigenvalue weighted by molar-refractivity contribution is -0.00614. The molecule has 4 aliphatic carbocycles. The molecule has 1 aromatic rings. The van der Waals surface area contributed by atoms with Gasteiger partial charge in [-0.3, -0.25) is 0 Å². The molecule has 102 valence electrons. The summed E-state index contributed by atoms with van der Waals surface area (Å²) in [5, 5.41) is 10.4. The van der Waals surface area contributed by atoms with Gasteiger partial charge < -0.3 is 10.8 Å². The van der Waals surface area contributed by atoms with E-state index in [0.29, 0.717) is 11.4 Å². The van der Waals surface area contributed by atoms with Crippen molar-refractivity contribution in [1.82, 2.24) is 0 Å². The van der Waals surface area contributed by atoms with Gasteiger partial charge in [0.25, 0.3) is 0 Å². The first kappa shape index (κ1) is 11.6. The van der Waals surface area contributed by atoms with Crippen LogP contribution in [0.4, 0.5) is 5.69 Å². The van der Waals surface area contributed by atoms with Crippen LogP contribution in [-0.2, 0) is 5.41 Å². The molecule has 0 saturated heterocycles. The molecule has 0 aromatic heterocycles. The zero-order valence-corrected chi connectivity index (χ0v) is 11.7. The summed E-state index contributed by atoms with van der Waals surface area (Å²) in [6, 6.07) is 3.93. The molecule has 0 heterocycles. The third-order valence-corrected chi connectivity index (χ3v) is 5.99. The van der Waals surface area contributed by atoms with Crippen molar-refractivity contribution in [2.75, 3.05) is 5.73 Å². The van der Waals surface area contributed by atoms with Gasteiger partial charge in [-0.05, 0) is 80.2 Å². The Morgan fingerprint density at radius 3 is 2.11 bits per heavy atom. The summed E-state index contributed by atoms with van der Waals surface area (Å²) in [5.74, 6) is 3.15. The van der Waals surface area contributed by atoms with Crippen LogP contribution in [0, 0.1) is 24.7 Å². The van der Waals surface area contributed by atoms with Gasteiger partial charge in [-0.1, -0.05) is 0 Å². The smallest absolute Gasteiger partial charge is 0.121 e. The monoisotopic (exact) mass is 257 g/mol. The van der Waals surface area contributed by atoms with Gasteiger partial charge in [0.05, 0.1) is 0 Å². The first-order chi connectivity index (χ1) is 9.06. The van der Waals surface area contributed by atoms with E-state index < -0.39 is 0 Å². The highest BCUT2D eigenvalue weighted by molar-refractivity contribution is 5.56. The van der Waals surface area contributed by atoms with Crippen LogP contribution in [0.15, 0.2) is 12.1 Å². The van der Waals surface area contributed by atoms with Gasteiger partial charge in [0, 0.05) is 17.3 Å². The Kier molecular flexibility index (Phi) is 2.25. The number of hydrogen-bond acceptors (Lipinski definition) is 2. The minimum atomic E-state index is 0.261. The van der Waals surface area contributed by atoms with Gasteiger partial charge in [-0.2, -0.15) is 0 Å². The molecule has 0 radical (unpaired) electrons. The fourth-order valence-corrected chi connectivity index (χ4v) is 5.58. The SMILES string of the molecule is Cc1cc(C23CC4CC(CC(C4)C2)C3)c(O)cc1N. The second-order valence-electron chi connectivity index (χ2n) is 7.42. The molecule has 0 unspecified atom stereocenters. The van der Waals surface area contributed by atoms with Gasteiger partial charge in [0.2, 0.25) is 0 Å². The minimum absolute atomic E-state index is 0.261. The van der Waals surface area contributed by atoms with Crippen LogP contribution in [0.3, 0.4) is 0 Å². The summed E-state index contributed by atoms with van der Waals surface area (Å²) in [7, 11) is 0. The van der Waals surface area contributed by atoms with Crippen molar-refractivity contribution in [2.45, 2.75) is 50.9 Å². The van der Waals surface area contributed by atoms with E-state index >= 15 is 0 Å². The highest BCUT2D eigenvalue weighted by atomic mass is 16.3. The first-order valence-corrected chi connectivity index (χ1v) is 7.65. The largest absolute Gasteiger partial charge is 0.508 e. The average molecular weight is 257 g/mol. The maximum atomic E-state index is 10.4. The van der Waals surface area contributed by atoms with Crippen LogP contribution in [0.25, 0.3) is 0 Å². The van der Waals surface area contributed by atoms with Gasteiger partial charge in [0.1, 0.15) is 5.75 Å². The number of anilines is 1. The lowest BCUT2D eigenvalue weighted by Crippen LogP contribution is -2.48. The Morgan fingerprint density at radius 2 is 1.58 bits per heavy atom. The lowest BCUT2D eigenvalue weighted by atomic mass is 9.48. The van der Waals surface area contributed by atoms with E-state index in [9.17, 15) is 5.11 Å². The van der Waals surface area contributed by atoms with Crippen LogP contribution in [0.1, 0.15) is 49.7 Å². The number of nitrogen functional groups attached to an aromatic ring is 1. The Labute approximate surface area is 115 Å². The number of hydrogen-bond donors (Lipinski definition) is 2. The van der Waals surface area contributed by atoms with Crippen molar-refractivity contribution in [3.8, 4) is 5.75 Å². The van der Waals surface area contributed by atoms with Crippen molar-refractivity contribution in [1.29, 1.82) is 0 Å². The Balaban J connectivity index is 1.81. The van der Waals surface area contributed by atoms with E-state index in [1.54, 1.807) is 6.07 Å². The fourth-order valence-electron chi connectivity index (χ4n) is 5.58. The molecule has 4 saturated carbocycles. The number of nitrogens with two attached hydrogens (primary N) is 1. The molecule has 1 aromatic carbocycles. The molecule has 4 fully saturated rings. The van der Waals surface area contributed by atoms with Crippen LogP contribution in [0.5, 0.6) is 5.75 Å². The molecule has 19 heavy (non-hydrogen) atoms. The third kappa shape index (κ3) is 1.62. The second kappa shape index (κ2) is 3.68. The molecule has 0 amide bonds. The fraction of sp³-hybridized carbons (Fsp3) is 0.647. The number of rotatable bonds is 1. The molecule has 4 bridgehead atoms. The van der Waals surface area contributed by atoms with E-state index in [1.807, 2.05) is 0 Å². The highest BCUT2D eigenvalue weighted by Gasteiger charge is 2.52. The van der Waals surface area contributed by atoms with E-state index in [0.717, 1.165) is 23.3 Å². The predicted molar refractivity (Wildman–Crippen MR) is 77.1 cm³/mol. The summed E-state index contributed by atoms with van der Waals surface area (Å²) in [4.78, 5) is 0. The van der Waals surface area contributed by atoms with E-state index in [2.05, 4.69) is 13.0 Å². The van der Waals surface area contributed by atoms with Gasteiger partial charge in [-0.25, -0.2) is 0 Å². The van der Waals surface area contributed by atoms with Gasteiger partial charge in [-0.15, -0.1) is 0 Å². The molecule has 2 nitrogen and oxygen atoms in total. The van der Waals surface area contributed by atoms with E-state index in [-0.39, 0.29) is 5.41 Å². The zero-order chi connectivity index (χ0) is 13.2. The molecule has 0 spiro atoms. The Bertz CT molecular complexity index is 499. The van der Waals surface area contributed by atoms with Gasteiger partial charge >= 0.3 is 0 Å². The molecule has 2 heteroatoms. The van der Waals surface area contributed by atoms with Crippen LogP contribution >= 0.6 is 0 Å². The van der Waals surface area contributed by atoms with Crippen molar-refractivity contribution >= 4 is 5.69 Å². The number of aromatic hydroxyl groups is 1. The maximum Gasteiger partial charge on any atom is 0.121 e. The molecule has 5 rings (SSSR count). The van der Waals surface area contributed by atoms with Crippen molar-refractivity contribution < 1.29 is 5.11 Å². The Hall–Kier alpha value is -1.18. The van der Waals surface area contributed by atoms with E-state index in [1.165, 1.54) is 44.1 Å². The molecular formula is C17H23NO. The maximum absolute atomic E-state index is 10.4. The van der Waals surface area contributed by atoms with Gasteiger partial charge in [0.15, 0.2) is 0 Å². The Morgan fingerprint density at radius 1 is 1.05 bits per heavy atom. The topological polar surface area (TPSA) is 46.2 Å². The average Bonchev–Trinajstić information content (AvgIpc) is 2.32. The number of phenolic OH excluding ortho intramolecular Hbond substituents is 1. The number of benzene rings is 1. The number of phenols is 1. The summed E-state index contributed by atoms with van der Waals surface area (Å²) in [6.45, 7) is 2.05. The van der Waals surface area contributed by atoms with Crippen molar-refractivity contribution in [2.24, 2.45) is 17.8 Å². The summed E-state index contributed by atoms with van der Waals surface area (Å²) in [5.41, 5.74) is 9.20. The lowest BCUT2D eigenvalue weighted by Gasteiger charge is -2.57. The van der Waals surface area contributed by atoms with Crippen LogP contribution in [-0.4, -0.2) is 5.11 Å². The zero-order valence-electron chi connectivity index (χ0n) is 11.7. The predicted octanol–water partition coefficient (Wildman–Crippen LogP) is 3.75. The molecule has 3 N–H and O–H groups in total. The van der Waals surface area contributed by atoms with Crippen LogP contribution in [0.2, 0.25) is 0 Å². The normalized spacial score (nSPS) is 39.7. The first-order valence-electron chi connectivity index (χ1n) is 7.65. The summed E-state index contributed by atoms with van der Waals surface area (Å²) >= 11 is 0. The minimum Gasteiger partial charge on any atom is -0.508 e. The summed E-state index contributed by atoms with van der Waals surface area (Å²) in [6.07, 6.45) is 8.18. The highest BCUT2D eigenvalue weighted by Crippen LogP contribution is 2.61. The molecule has 0 aliphatic heterocycles. The van der Waals surface area contributed by atoms with Crippen molar-refractivity contribution in [3.63, 3.8) is 0 Å². The molecule has 0 atom stereocenters.